The van der Waals surface area contributed by atoms with Crippen molar-refractivity contribution in [3.8, 4) is 5.75 Å². The molecule has 3 fully saturated rings. The molecule has 5 rings (SSSR count). The first-order chi connectivity index (χ1) is 23.4. The Morgan fingerprint density at radius 2 is 1.90 bits per heavy atom. The van der Waals surface area contributed by atoms with Crippen molar-refractivity contribution in [2.24, 2.45) is 5.92 Å². The van der Waals surface area contributed by atoms with Crippen LogP contribution in [0.5, 0.6) is 5.75 Å². The third kappa shape index (κ3) is 7.18. The van der Waals surface area contributed by atoms with E-state index >= 15 is 0 Å². The minimum atomic E-state index is -1.84. The second-order valence-electron chi connectivity index (χ2n) is 14.1. The molecule has 4 aliphatic rings. The van der Waals surface area contributed by atoms with Crippen LogP contribution in [0.4, 0.5) is 10.5 Å². The van der Waals surface area contributed by atoms with Gasteiger partial charge in [-0.05, 0) is 38.5 Å². The number of epoxide rings is 2. The molecule has 2 N–H and O–H groups in total. The van der Waals surface area contributed by atoms with Gasteiger partial charge in [0.2, 0.25) is 11.8 Å². The van der Waals surface area contributed by atoms with Gasteiger partial charge < -0.3 is 43.3 Å². The summed E-state index contributed by atoms with van der Waals surface area (Å²) in [4.78, 5) is 55.5. The number of nitrogens with one attached hydrogen (secondary N) is 1. The van der Waals surface area contributed by atoms with E-state index in [-0.39, 0.29) is 36.3 Å². The average molecular weight is 722 g/mol. The maximum atomic E-state index is 14.1. The Hall–Kier alpha value is -3.43. The molecule has 4 aliphatic heterocycles. The maximum absolute atomic E-state index is 14.1. The first kappa shape index (κ1) is 37.8. The molecule has 1 aromatic rings. The summed E-state index contributed by atoms with van der Waals surface area (Å²) in [5.41, 5.74) is -2.51. The third-order valence-electron chi connectivity index (χ3n) is 10.6. The zero-order chi connectivity index (χ0) is 36.9. The number of fused-ring (bicyclic) bond motifs is 6. The van der Waals surface area contributed by atoms with Crippen LogP contribution in [0.2, 0.25) is 5.02 Å². The predicted octanol–water partition coefficient (Wildman–Crippen LogP) is 3.14. The number of anilines is 1. The lowest BCUT2D eigenvalue weighted by atomic mass is 9.83. The second-order valence-corrected chi connectivity index (χ2v) is 14.5. The van der Waals surface area contributed by atoms with Gasteiger partial charge >= 0.3 is 12.1 Å². The number of esters is 1. The fourth-order valence-electron chi connectivity index (χ4n) is 7.01. The molecule has 14 nitrogen and oxygen atoms in total. The zero-order valence-electron chi connectivity index (χ0n) is 30.0. The summed E-state index contributed by atoms with van der Waals surface area (Å²) in [6.07, 6.45) is -1.07. The third-order valence-corrected chi connectivity index (χ3v) is 11.0. The fourth-order valence-corrected chi connectivity index (χ4v) is 7.33. The van der Waals surface area contributed by atoms with Crippen molar-refractivity contribution >= 4 is 41.2 Å². The first-order valence-electron chi connectivity index (χ1n) is 16.8. The molecule has 3 saturated heterocycles. The molecule has 1 aromatic carbocycles. The maximum Gasteiger partial charge on any atom is 0.409 e. The molecule has 3 amide bonds. The van der Waals surface area contributed by atoms with Crippen molar-refractivity contribution in [3.63, 3.8) is 0 Å². The molecule has 10 unspecified atom stereocenters. The Morgan fingerprint density at radius 3 is 2.54 bits per heavy atom. The summed E-state index contributed by atoms with van der Waals surface area (Å²) in [6.45, 7) is 8.68. The molecule has 0 aliphatic carbocycles. The largest absolute Gasteiger partial charge is 0.495 e. The van der Waals surface area contributed by atoms with Gasteiger partial charge in [-0.2, -0.15) is 0 Å². The van der Waals surface area contributed by atoms with Crippen molar-refractivity contribution in [2.45, 2.75) is 114 Å². The van der Waals surface area contributed by atoms with E-state index in [2.05, 4.69) is 5.32 Å². The number of carbonyl (C=O) groups is 4. The number of benzene rings is 1. The van der Waals surface area contributed by atoms with Crippen molar-refractivity contribution in [1.82, 2.24) is 10.2 Å². The van der Waals surface area contributed by atoms with Crippen LogP contribution in [0.3, 0.4) is 0 Å². The van der Waals surface area contributed by atoms with Crippen LogP contribution >= 0.6 is 11.6 Å². The average Bonchev–Trinajstić information content (AvgIpc) is 3.95. The number of ether oxygens (including phenoxy) is 6. The van der Waals surface area contributed by atoms with Gasteiger partial charge in [0.05, 0.1) is 25.3 Å². The van der Waals surface area contributed by atoms with E-state index < -0.39 is 71.3 Å². The van der Waals surface area contributed by atoms with E-state index in [4.69, 9.17) is 40.0 Å². The van der Waals surface area contributed by atoms with Gasteiger partial charge in [-0.25, -0.2) is 9.59 Å². The summed E-state index contributed by atoms with van der Waals surface area (Å²) in [6, 6.07) is 2.62. The van der Waals surface area contributed by atoms with Crippen LogP contribution in [0.25, 0.3) is 0 Å². The van der Waals surface area contributed by atoms with Gasteiger partial charge in [-0.15, -0.1) is 0 Å². The van der Waals surface area contributed by atoms with Gasteiger partial charge in [0.1, 0.15) is 52.4 Å². The second kappa shape index (κ2) is 13.9. The summed E-state index contributed by atoms with van der Waals surface area (Å²) in [7, 11) is 5.99. The molecular formula is C35H48ClN3O11. The molecule has 0 spiro atoms. The molecular weight excluding hydrogens is 674 g/mol. The quantitative estimate of drug-likeness (QED) is 0.252. The molecule has 276 valence electrons. The lowest BCUT2D eigenvalue weighted by molar-refractivity contribution is -0.162. The number of aliphatic hydroxyl groups is 1. The topological polar surface area (TPSA) is 169 Å². The highest BCUT2D eigenvalue weighted by atomic mass is 35.5. The van der Waals surface area contributed by atoms with Crippen molar-refractivity contribution in [3.05, 3.63) is 34.9 Å². The Labute approximate surface area is 297 Å². The standard InChI is InChI=1S/C35H48ClN3O11/c1-10-27(40)38(6)19(3)31(42)48-26-15-28(41)39(7)21-13-20(14-22(45-8)29(21)36)16-33(4)24(49-33)11-12-25(46-9)35(44)17-23(47-32(43)37-35)18(2)30-34(26,5)50-30/h11-14,18-19,23-26,30,44H,10,15-17H2,1-9H3,(H,37,43)/b12-11+. The van der Waals surface area contributed by atoms with Crippen LogP contribution < -0.4 is 15.0 Å². The SMILES string of the molecule is CCC(=O)N(C)C(C)C(=O)OC1CC(=O)N(C)c2cc(cc(OC)c2Cl)CC2(C)OC2/C=C/C(OC)C2(O)CC(OC(=O)N2)C(C)C2OC12C. The summed E-state index contributed by atoms with van der Waals surface area (Å²) in [5.74, 6) is -1.57. The number of halogens is 1. The van der Waals surface area contributed by atoms with Crippen LogP contribution in [-0.4, -0.2) is 116 Å². The monoisotopic (exact) mass is 721 g/mol. The summed E-state index contributed by atoms with van der Waals surface area (Å²) in [5, 5.41) is 14.5. The zero-order valence-corrected chi connectivity index (χ0v) is 30.7. The highest BCUT2D eigenvalue weighted by Gasteiger charge is 2.64. The van der Waals surface area contributed by atoms with E-state index in [9.17, 15) is 24.3 Å². The lowest BCUT2D eigenvalue weighted by Crippen LogP contribution is -2.63. The van der Waals surface area contributed by atoms with Crippen molar-refractivity contribution in [1.29, 1.82) is 0 Å². The number of likely N-dealkylation sites (N-methyl/N-ethyl adjacent to an activating group) is 1. The highest BCUT2D eigenvalue weighted by Crippen LogP contribution is 2.49. The van der Waals surface area contributed by atoms with E-state index in [0.717, 1.165) is 5.56 Å². The van der Waals surface area contributed by atoms with Gasteiger partial charge in [-0.3, -0.25) is 14.9 Å². The number of hydrogen-bond donors (Lipinski definition) is 2. The molecule has 4 bridgehead atoms. The van der Waals surface area contributed by atoms with Crippen LogP contribution in [-0.2, 0) is 44.5 Å². The summed E-state index contributed by atoms with van der Waals surface area (Å²) >= 11 is 6.75. The van der Waals surface area contributed by atoms with Gasteiger partial charge in [0.15, 0.2) is 5.72 Å². The molecule has 0 radical (unpaired) electrons. The number of amides is 3. The minimum absolute atomic E-state index is 0.0569. The summed E-state index contributed by atoms with van der Waals surface area (Å²) < 4.78 is 35.2. The number of carbonyl (C=O) groups excluding carboxylic acids is 4. The van der Waals surface area contributed by atoms with Gasteiger partial charge in [-0.1, -0.05) is 37.6 Å². The molecule has 10 atom stereocenters. The predicted molar refractivity (Wildman–Crippen MR) is 181 cm³/mol. The van der Waals surface area contributed by atoms with Crippen molar-refractivity contribution < 1.29 is 52.7 Å². The normalized spacial score (nSPS) is 36.5. The molecule has 15 heteroatoms. The Bertz CT molecular complexity index is 1560. The Kier molecular flexibility index (Phi) is 10.5. The molecule has 50 heavy (non-hydrogen) atoms. The van der Waals surface area contributed by atoms with E-state index in [0.29, 0.717) is 17.9 Å². The smallest absolute Gasteiger partial charge is 0.409 e. The number of alkyl carbamates (subject to hydrolysis) is 1. The van der Waals surface area contributed by atoms with E-state index in [1.165, 1.54) is 31.1 Å². The molecule has 0 aromatic heterocycles. The fraction of sp³-hybridized carbons (Fsp3) is 0.657. The molecule has 0 saturated carbocycles. The van der Waals surface area contributed by atoms with Crippen molar-refractivity contribution in [2.75, 3.05) is 33.2 Å². The minimum Gasteiger partial charge on any atom is -0.495 e. The van der Waals surface area contributed by atoms with Crippen LogP contribution in [0, 0.1) is 5.92 Å². The van der Waals surface area contributed by atoms with E-state index in [1.54, 1.807) is 59.0 Å². The van der Waals surface area contributed by atoms with Gasteiger partial charge in [0.25, 0.3) is 0 Å². The number of hydrogen-bond acceptors (Lipinski definition) is 11. The number of rotatable bonds is 6. The van der Waals surface area contributed by atoms with Crippen LogP contribution in [0.15, 0.2) is 24.3 Å². The Balaban J connectivity index is 1.55. The first-order valence-corrected chi connectivity index (χ1v) is 17.2. The number of nitrogens with zero attached hydrogens (tertiary/aromatic N) is 2. The van der Waals surface area contributed by atoms with Crippen LogP contribution in [0.1, 0.15) is 59.4 Å². The number of methoxy groups -OCH3 is 2. The highest BCUT2D eigenvalue weighted by molar-refractivity contribution is 6.35. The Morgan fingerprint density at radius 1 is 1.20 bits per heavy atom. The molecule has 4 heterocycles. The lowest BCUT2D eigenvalue weighted by Gasteiger charge is -2.42. The van der Waals surface area contributed by atoms with E-state index in [1.807, 2.05) is 6.92 Å². The van der Waals surface area contributed by atoms with Gasteiger partial charge in [0, 0.05) is 46.4 Å².